The van der Waals surface area contributed by atoms with Crippen molar-refractivity contribution in [2.75, 3.05) is 12.3 Å². The van der Waals surface area contributed by atoms with Gasteiger partial charge in [-0.3, -0.25) is 4.79 Å². The van der Waals surface area contributed by atoms with Gasteiger partial charge in [0.15, 0.2) is 0 Å². The third-order valence-electron chi connectivity index (χ3n) is 3.52. The van der Waals surface area contributed by atoms with Crippen LogP contribution in [-0.2, 0) is 10.5 Å². The first-order chi connectivity index (χ1) is 11.1. The number of aryl methyl sites for hydroxylation is 2. The number of amides is 1. The van der Waals surface area contributed by atoms with Crippen molar-refractivity contribution in [3.63, 3.8) is 0 Å². The van der Waals surface area contributed by atoms with Gasteiger partial charge in [-0.2, -0.15) is 0 Å². The summed E-state index contributed by atoms with van der Waals surface area (Å²) in [4.78, 5) is 16.2. The summed E-state index contributed by atoms with van der Waals surface area (Å²) in [5, 5.41) is 2.92. The summed E-state index contributed by atoms with van der Waals surface area (Å²) in [5.41, 5.74) is 3.10. The molecule has 0 saturated heterocycles. The van der Waals surface area contributed by atoms with Gasteiger partial charge in [0.1, 0.15) is 5.76 Å². The van der Waals surface area contributed by atoms with Crippen LogP contribution >= 0.6 is 11.8 Å². The molecule has 0 atom stereocenters. The zero-order valence-electron chi connectivity index (χ0n) is 14.0. The van der Waals surface area contributed by atoms with E-state index in [-0.39, 0.29) is 5.91 Å². The summed E-state index contributed by atoms with van der Waals surface area (Å²) in [5.74, 6) is 2.69. The highest BCUT2D eigenvalue weighted by atomic mass is 32.2. The number of nitrogens with one attached hydrogen (secondary N) is 1. The van der Waals surface area contributed by atoms with Crippen molar-refractivity contribution in [2.45, 2.75) is 39.4 Å². The number of hydrogen-bond donors (Lipinski definition) is 1. The second-order valence-corrected chi connectivity index (χ2v) is 6.57. The number of rotatable bonds is 8. The largest absolute Gasteiger partial charge is 0.441 e. The lowest BCUT2D eigenvalue weighted by Gasteiger charge is -2.03. The standard InChI is InChI=1S/C18H24N2O2S/c1-4-5-10-19-17(21)12-23-11-16-14(3)22-18(20-16)15-8-6-13(2)7-9-15/h6-9H,4-5,10-12H2,1-3H3,(H,19,21). The fourth-order valence-corrected chi connectivity index (χ4v) is 2.93. The van der Waals surface area contributed by atoms with Gasteiger partial charge in [-0.1, -0.05) is 31.0 Å². The number of benzene rings is 1. The van der Waals surface area contributed by atoms with E-state index in [0.717, 1.165) is 36.4 Å². The maximum atomic E-state index is 11.7. The van der Waals surface area contributed by atoms with Crippen LogP contribution in [0.2, 0.25) is 0 Å². The third-order valence-corrected chi connectivity index (χ3v) is 4.46. The molecular formula is C18H24N2O2S. The molecule has 1 amide bonds. The lowest BCUT2D eigenvalue weighted by molar-refractivity contribution is -0.118. The summed E-state index contributed by atoms with van der Waals surface area (Å²) in [6.45, 7) is 6.84. The Kier molecular flexibility index (Phi) is 6.71. The molecule has 0 unspecified atom stereocenters. The molecule has 0 aliphatic rings. The number of hydrogen-bond acceptors (Lipinski definition) is 4. The predicted octanol–water partition coefficient (Wildman–Crippen LogP) is 4.11. The minimum atomic E-state index is 0.0864. The molecule has 4 nitrogen and oxygen atoms in total. The molecule has 0 radical (unpaired) electrons. The molecule has 1 N–H and O–H groups in total. The highest BCUT2D eigenvalue weighted by Gasteiger charge is 2.12. The van der Waals surface area contributed by atoms with Crippen LogP contribution in [0, 0.1) is 13.8 Å². The van der Waals surface area contributed by atoms with E-state index in [4.69, 9.17) is 4.42 Å². The maximum Gasteiger partial charge on any atom is 0.230 e. The number of thioether (sulfide) groups is 1. The molecule has 0 spiro atoms. The molecule has 1 aromatic carbocycles. The van der Waals surface area contributed by atoms with Crippen molar-refractivity contribution in [3.05, 3.63) is 41.3 Å². The smallest absolute Gasteiger partial charge is 0.230 e. The zero-order chi connectivity index (χ0) is 16.7. The Morgan fingerprint density at radius 2 is 2.00 bits per heavy atom. The average molecular weight is 332 g/mol. The normalized spacial score (nSPS) is 10.7. The molecule has 2 rings (SSSR count). The Bertz CT molecular complexity index is 635. The SMILES string of the molecule is CCCCNC(=O)CSCc1nc(-c2ccc(C)cc2)oc1C. The van der Waals surface area contributed by atoms with Gasteiger partial charge in [0.25, 0.3) is 0 Å². The Hall–Kier alpha value is -1.75. The molecule has 124 valence electrons. The van der Waals surface area contributed by atoms with Crippen LogP contribution in [0.15, 0.2) is 28.7 Å². The molecule has 23 heavy (non-hydrogen) atoms. The Morgan fingerprint density at radius 3 is 2.70 bits per heavy atom. The third kappa shape index (κ3) is 5.43. The van der Waals surface area contributed by atoms with Crippen LogP contribution in [0.25, 0.3) is 11.5 Å². The zero-order valence-corrected chi connectivity index (χ0v) is 14.8. The van der Waals surface area contributed by atoms with E-state index in [1.165, 1.54) is 5.56 Å². The number of nitrogens with zero attached hydrogens (tertiary/aromatic N) is 1. The summed E-state index contributed by atoms with van der Waals surface area (Å²) < 4.78 is 5.75. The van der Waals surface area contributed by atoms with Gasteiger partial charge in [-0.05, 0) is 32.4 Å². The number of carbonyl (C=O) groups is 1. The first-order valence-corrected chi connectivity index (χ1v) is 9.13. The maximum absolute atomic E-state index is 11.7. The van der Waals surface area contributed by atoms with Gasteiger partial charge in [0.2, 0.25) is 11.8 Å². The second-order valence-electron chi connectivity index (χ2n) is 5.58. The molecule has 0 saturated carbocycles. The molecule has 0 fully saturated rings. The first-order valence-electron chi connectivity index (χ1n) is 7.98. The average Bonchev–Trinajstić information content (AvgIpc) is 2.89. The highest BCUT2D eigenvalue weighted by molar-refractivity contribution is 7.99. The van der Waals surface area contributed by atoms with Gasteiger partial charge in [0.05, 0.1) is 11.4 Å². The monoisotopic (exact) mass is 332 g/mol. The van der Waals surface area contributed by atoms with E-state index in [0.29, 0.717) is 17.4 Å². The Balaban J connectivity index is 1.87. The lowest BCUT2D eigenvalue weighted by Crippen LogP contribution is -2.26. The second kappa shape index (κ2) is 8.77. The fourth-order valence-electron chi connectivity index (χ4n) is 2.08. The number of carbonyl (C=O) groups excluding carboxylic acids is 1. The van der Waals surface area contributed by atoms with E-state index >= 15 is 0 Å². The molecule has 0 aliphatic heterocycles. The minimum Gasteiger partial charge on any atom is -0.441 e. The minimum absolute atomic E-state index is 0.0864. The van der Waals surface area contributed by atoms with Gasteiger partial charge in [-0.15, -0.1) is 11.8 Å². The molecular weight excluding hydrogens is 308 g/mol. The van der Waals surface area contributed by atoms with Crippen molar-refractivity contribution >= 4 is 17.7 Å². The van der Waals surface area contributed by atoms with Crippen LogP contribution < -0.4 is 5.32 Å². The molecule has 5 heteroatoms. The van der Waals surface area contributed by atoms with Gasteiger partial charge in [-0.25, -0.2) is 4.98 Å². The molecule has 1 heterocycles. The van der Waals surface area contributed by atoms with E-state index in [2.05, 4.69) is 24.1 Å². The van der Waals surface area contributed by atoms with Gasteiger partial charge < -0.3 is 9.73 Å². The Morgan fingerprint density at radius 1 is 1.26 bits per heavy atom. The van der Waals surface area contributed by atoms with Crippen LogP contribution in [-0.4, -0.2) is 23.2 Å². The molecule has 1 aromatic heterocycles. The first kappa shape index (κ1) is 17.6. The van der Waals surface area contributed by atoms with Crippen molar-refractivity contribution < 1.29 is 9.21 Å². The predicted molar refractivity (Wildman–Crippen MR) is 95.5 cm³/mol. The fraction of sp³-hybridized carbons (Fsp3) is 0.444. The highest BCUT2D eigenvalue weighted by Crippen LogP contribution is 2.24. The molecule has 2 aromatic rings. The van der Waals surface area contributed by atoms with E-state index in [9.17, 15) is 4.79 Å². The number of oxazole rings is 1. The van der Waals surface area contributed by atoms with Crippen LogP contribution in [0.3, 0.4) is 0 Å². The molecule has 0 aliphatic carbocycles. The Labute approximate surface area is 142 Å². The number of unbranched alkanes of at least 4 members (excludes halogenated alkanes) is 1. The van der Waals surface area contributed by atoms with Crippen LogP contribution in [0.4, 0.5) is 0 Å². The van der Waals surface area contributed by atoms with Crippen molar-refractivity contribution in [3.8, 4) is 11.5 Å². The summed E-state index contributed by atoms with van der Waals surface area (Å²) in [6, 6.07) is 8.12. The van der Waals surface area contributed by atoms with E-state index < -0.39 is 0 Å². The van der Waals surface area contributed by atoms with Crippen LogP contribution in [0.5, 0.6) is 0 Å². The quantitative estimate of drug-likeness (QED) is 0.739. The van der Waals surface area contributed by atoms with E-state index in [1.807, 2.05) is 31.2 Å². The van der Waals surface area contributed by atoms with E-state index in [1.54, 1.807) is 11.8 Å². The summed E-state index contributed by atoms with van der Waals surface area (Å²) >= 11 is 1.56. The van der Waals surface area contributed by atoms with Gasteiger partial charge >= 0.3 is 0 Å². The van der Waals surface area contributed by atoms with Crippen molar-refractivity contribution in [1.29, 1.82) is 0 Å². The van der Waals surface area contributed by atoms with Crippen molar-refractivity contribution in [2.24, 2.45) is 0 Å². The van der Waals surface area contributed by atoms with Crippen LogP contribution in [0.1, 0.15) is 36.8 Å². The summed E-state index contributed by atoms with van der Waals surface area (Å²) in [6.07, 6.45) is 2.12. The lowest BCUT2D eigenvalue weighted by atomic mass is 10.1. The summed E-state index contributed by atoms with van der Waals surface area (Å²) in [7, 11) is 0. The van der Waals surface area contributed by atoms with Crippen molar-refractivity contribution in [1.82, 2.24) is 10.3 Å². The topological polar surface area (TPSA) is 55.1 Å². The van der Waals surface area contributed by atoms with Gasteiger partial charge in [0, 0.05) is 17.9 Å². The number of aromatic nitrogens is 1. The molecule has 0 bridgehead atoms.